The van der Waals surface area contributed by atoms with Gasteiger partial charge in [-0.15, -0.1) is 0 Å². The molecule has 1 saturated heterocycles. The van der Waals surface area contributed by atoms with Gasteiger partial charge in [0.1, 0.15) is 6.04 Å². The monoisotopic (exact) mass is 317 g/mol. The average Bonchev–Trinajstić information content (AvgIpc) is 3.15. The van der Waals surface area contributed by atoms with E-state index in [1.807, 2.05) is 0 Å². The molecule has 3 atom stereocenters. The number of halogens is 1. The zero-order valence-electron chi connectivity index (χ0n) is 12.8. The fourth-order valence-corrected chi connectivity index (χ4v) is 3.74. The molecule has 0 spiro atoms. The number of fused-ring (bicyclic) bond motifs is 2. The second-order valence-electron chi connectivity index (χ2n) is 6.31. The molecular weight excluding hydrogens is 297 g/mol. The highest BCUT2D eigenvalue weighted by molar-refractivity contribution is 5.78. The second kappa shape index (κ2) is 6.55. The van der Waals surface area contributed by atoms with E-state index in [4.69, 9.17) is 0 Å². The predicted molar refractivity (Wildman–Crippen MR) is 81.8 cm³/mol. The third kappa shape index (κ3) is 3.15. The molecule has 2 bridgehead atoms. The normalized spacial score (nSPS) is 25.6. The van der Waals surface area contributed by atoms with Gasteiger partial charge in [-0.2, -0.15) is 5.26 Å². The number of amides is 1. The van der Waals surface area contributed by atoms with Crippen LogP contribution in [0.25, 0.3) is 0 Å². The van der Waals surface area contributed by atoms with Crippen molar-refractivity contribution in [2.24, 2.45) is 5.92 Å². The molecule has 2 aliphatic rings. The summed E-state index contributed by atoms with van der Waals surface area (Å²) in [5.74, 6) is -0.636. The Morgan fingerprint density at radius 2 is 2.30 bits per heavy atom. The molecule has 3 unspecified atom stereocenters. The first-order valence-electron chi connectivity index (χ1n) is 7.99. The molecule has 2 N–H and O–H groups in total. The number of hydrogen-bond donors (Lipinski definition) is 2. The third-order valence-electron chi connectivity index (χ3n) is 4.86. The van der Waals surface area contributed by atoms with Crippen molar-refractivity contribution in [1.82, 2.24) is 10.2 Å². The maximum Gasteiger partial charge on any atom is 0.225 e. The standard InChI is InChI=1S/C17H20FN3O2/c18-14-4-1-11(7-16(14)22)10-20-6-5-17(23)21-13-3-2-12(8-13)15(21)9-19/h1,4,7,12-13,15,20,22H,2-3,5-6,8,10H2. The van der Waals surface area contributed by atoms with Crippen LogP contribution in [-0.4, -0.2) is 34.5 Å². The molecule has 1 aromatic rings. The van der Waals surface area contributed by atoms with E-state index in [2.05, 4.69) is 11.4 Å². The summed E-state index contributed by atoms with van der Waals surface area (Å²) in [6.45, 7) is 0.942. The zero-order chi connectivity index (χ0) is 16.4. The van der Waals surface area contributed by atoms with Crippen LogP contribution in [0.15, 0.2) is 18.2 Å². The molecule has 1 heterocycles. The van der Waals surface area contributed by atoms with Gasteiger partial charge in [0.25, 0.3) is 0 Å². The van der Waals surface area contributed by atoms with E-state index < -0.39 is 5.82 Å². The number of piperidine rings is 1. The number of nitrogens with zero attached hydrogens (tertiary/aromatic N) is 2. The van der Waals surface area contributed by atoms with E-state index in [1.165, 1.54) is 12.1 Å². The molecule has 0 aromatic heterocycles. The smallest absolute Gasteiger partial charge is 0.225 e. The van der Waals surface area contributed by atoms with Crippen LogP contribution in [0.1, 0.15) is 31.2 Å². The van der Waals surface area contributed by atoms with Crippen LogP contribution in [0.5, 0.6) is 5.75 Å². The number of carbonyl (C=O) groups is 1. The van der Waals surface area contributed by atoms with E-state index >= 15 is 0 Å². The number of hydrogen-bond acceptors (Lipinski definition) is 4. The minimum atomic E-state index is -0.643. The topological polar surface area (TPSA) is 76.4 Å². The van der Waals surface area contributed by atoms with Crippen LogP contribution in [-0.2, 0) is 11.3 Å². The number of rotatable bonds is 5. The zero-order valence-corrected chi connectivity index (χ0v) is 12.8. The maximum absolute atomic E-state index is 13.0. The summed E-state index contributed by atoms with van der Waals surface area (Å²) in [7, 11) is 0. The van der Waals surface area contributed by atoms with Gasteiger partial charge in [0.05, 0.1) is 6.07 Å². The van der Waals surface area contributed by atoms with Crippen LogP contribution in [0, 0.1) is 23.1 Å². The van der Waals surface area contributed by atoms with E-state index in [0.717, 1.165) is 24.8 Å². The van der Waals surface area contributed by atoms with Gasteiger partial charge < -0.3 is 15.3 Å². The van der Waals surface area contributed by atoms with Crippen molar-refractivity contribution in [2.75, 3.05) is 6.54 Å². The van der Waals surface area contributed by atoms with E-state index in [1.54, 1.807) is 11.0 Å². The fourth-order valence-electron chi connectivity index (χ4n) is 3.74. The molecule has 5 nitrogen and oxygen atoms in total. The van der Waals surface area contributed by atoms with Crippen LogP contribution in [0.2, 0.25) is 0 Å². The SMILES string of the molecule is N#CC1C2CCC(C2)N1C(=O)CCNCc1ccc(F)c(O)c1. The summed E-state index contributed by atoms with van der Waals surface area (Å²) in [5.41, 5.74) is 0.756. The van der Waals surface area contributed by atoms with E-state index in [-0.39, 0.29) is 23.7 Å². The number of nitriles is 1. The largest absolute Gasteiger partial charge is 0.505 e. The lowest BCUT2D eigenvalue weighted by Crippen LogP contribution is -2.45. The Morgan fingerprint density at radius 1 is 1.48 bits per heavy atom. The van der Waals surface area contributed by atoms with Crippen LogP contribution in [0.4, 0.5) is 4.39 Å². The van der Waals surface area contributed by atoms with Gasteiger partial charge in [-0.05, 0) is 42.9 Å². The lowest BCUT2D eigenvalue weighted by Gasteiger charge is -2.31. The molecule has 3 rings (SSSR count). The molecule has 122 valence electrons. The maximum atomic E-state index is 13.0. The number of phenolic OH excluding ortho intramolecular Hbond substituents is 1. The highest BCUT2D eigenvalue weighted by Crippen LogP contribution is 2.42. The van der Waals surface area contributed by atoms with Gasteiger partial charge in [0.15, 0.2) is 11.6 Å². The number of benzene rings is 1. The van der Waals surface area contributed by atoms with E-state index in [9.17, 15) is 19.6 Å². The number of nitrogens with one attached hydrogen (secondary N) is 1. The average molecular weight is 317 g/mol. The number of aromatic hydroxyl groups is 1. The fraction of sp³-hybridized carbons (Fsp3) is 0.529. The molecule has 0 radical (unpaired) electrons. The van der Waals surface area contributed by atoms with Gasteiger partial charge in [-0.3, -0.25) is 4.79 Å². The molecule has 1 amide bonds. The quantitative estimate of drug-likeness (QED) is 0.814. The lowest BCUT2D eigenvalue weighted by molar-refractivity contribution is -0.134. The first-order valence-corrected chi connectivity index (χ1v) is 7.99. The number of phenols is 1. The van der Waals surface area contributed by atoms with Crippen molar-refractivity contribution in [3.05, 3.63) is 29.6 Å². The molecule has 1 aliphatic carbocycles. The first kappa shape index (κ1) is 15.8. The van der Waals surface area contributed by atoms with Crippen molar-refractivity contribution in [2.45, 2.75) is 44.3 Å². The molecule has 23 heavy (non-hydrogen) atoms. The third-order valence-corrected chi connectivity index (χ3v) is 4.86. The molecule has 2 fully saturated rings. The Kier molecular flexibility index (Phi) is 4.49. The summed E-state index contributed by atoms with van der Waals surface area (Å²) in [4.78, 5) is 14.1. The predicted octanol–water partition coefficient (Wildman–Crippen LogP) is 1.91. The van der Waals surface area contributed by atoms with Crippen molar-refractivity contribution in [3.8, 4) is 11.8 Å². The van der Waals surface area contributed by atoms with Crippen molar-refractivity contribution in [3.63, 3.8) is 0 Å². The minimum absolute atomic E-state index is 0.0261. The van der Waals surface area contributed by atoms with Gasteiger partial charge in [0.2, 0.25) is 5.91 Å². The summed E-state index contributed by atoms with van der Waals surface area (Å²) >= 11 is 0. The Labute approximate surface area is 134 Å². The molecule has 1 saturated carbocycles. The number of likely N-dealkylation sites (tertiary alicyclic amines) is 1. The molecular formula is C17H20FN3O2. The summed E-state index contributed by atoms with van der Waals surface area (Å²) in [5, 5.41) is 21.7. The summed E-state index contributed by atoms with van der Waals surface area (Å²) < 4.78 is 13.0. The van der Waals surface area contributed by atoms with Crippen LogP contribution < -0.4 is 5.32 Å². The van der Waals surface area contributed by atoms with Crippen molar-refractivity contribution >= 4 is 5.91 Å². The second-order valence-corrected chi connectivity index (χ2v) is 6.31. The molecule has 1 aromatic carbocycles. The van der Waals surface area contributed by atoms with Gasteiger partial charge in [-0.25, -0.2) is 4.39 Å². The highest BCUT2D eigenvalue weighted by atomic mass is 19.1. The van der Waals surface area contributed by atoms with Crippen molar-refractivity contribution < 1.29 is 14.3 Å². The Balaban J connectivity index is 1.46. The highest BCUT2D eigenvalue weighted by Gasteiger charge is 2.47. The van der Waals surface area contributed by atoms with Gasteiger partial charge in [0, 0.05) is 25.6 Å². The molecule has 1 aliphatic heterocycles. The summed E-state index contributed by atoms with van der Waals surface area (Å²) in [6.07, 6.45) is 3.37. The number of carbonyl (C=O) groups excluding carboxylic acids is 1. The van der Waals surface area contributed by atoms with E-state index in [0.29, 0.717) is 25.4 Å². The Bertz CT molecular complexity index is 643. The lowest BCUT2D eigenvalue weighted by atomic mass is 10.00. The van der Waals surface area contributed by atoms with Crippen LogP contribution >= 0.6 is 0 Å². The summed E-state index contributed by atoms with van der Waals surface area (Å²) in [6, 6.07) is 6.44. The Hall–Kier alpha value is -2.13. The molecule has 6 heteroatoms. The van der Waals surface area contributed by atoms with Gasteiger partial charge >= 0.3 is 0 Å². The minimum Gasteiger partial charge on any atom is -0.505 e. The van der Waals surface area contributed by atoms with Crippen LogP contribution in [0.3, 0.4) is 0 Å². The van der Waals surface area contributed by atoms with Crippen molar-refractivity contribution in [1.29, 1.82) is 5.26 Å². The Morgan fingerprint density at radius 3 is 3.04 bits per heavy atom. The first-order chi connectivity index (χ1) is 11.1. The van der Waals surface area contributed by atoms with Gasteiger partial charge in [-0.1, -0.05) is 6.07 Å².